The summed E-state index contributed by atoms with van der Waals surface area (Å²) in [5.74, 6) is 0.351. The first-order valence-electron chi connectivity index (χ1n) is 4.90. The Kier molecular flexibility index (Phi) is 3.67. The predicted octanol–water partition coefficient (Wildman–Crippen LogP) is 3.60. The maximum Gasteiger partial charge on any atom is 0.173 e. The Morgan fingerprint density at radius 2 is 2.00 bits per heavy atom. The summed E-state index contributed by atoms with van der Waals surface area (Å²) in [4.78, 5) is 13.6. The monoisotopic (exact) mass is 196 g/mol. The highest BCUT2D eigenvalue weighted by molar-refractivity contribution is 7.14. The summed E-state index contributed by atoms with van der Waals surface area (Å²) in [6.07, 6.45) is 2.90. The third-order valence-corrected chi connectivity index (χ3v) is 3.17. The third-order valence-electron chi connectivity index (χ3n) is 2.04. The maximum atomic E-state index is 11.3. The van der Waals surface area contributed by atoms with Gasteiger partial charge in [-0.05, 0) is 31.4 Å². The molecule has 1 aliphatic rings. The lowest BCUT2D eigenvalue weighted by atomic mass is 9.98. The lowest BCUT2D eigenvalue weighted by Gasteiger charge is -2.07. The van der Waals surface area contributed by atoms with E-state index in [4.69, 9.17) is 0 Å². The first-order chi connectivity index (χ1) is 6.27. The fraction of sp³-hybridized carbons (Fsp3) is 0.545. The Balaban J connectivity index is 0.000000396. The lowest BCUT2D eigenvalue weighted by Crippen LogP contribution is -2.06. The van der Waals surface area contributed by atoms with Crippen molar-refractivity contribution in [3.8, 4) is 0 Å². The van der Waals surface area contributed by atoms with Crippen LogP contribution in [-0.2, 0) is 6.42 Å². The van der Waals surface area contributed by atoms with Crippen molar-refractivity contribution in [2.45, 2.75) is 40.0 Å². The van der Waals surface area contributed by atoms with Gasteiger partial charge in [-0.1, -0.05) is 13.8 Å². The largest absolute Gasteiger partial charge is 0.293 e. The summed E-state index contributed by atoms with van der Waals surface area (Å²) < 4.78 is 0. The molecule has 0 radical (unpaired) electrons. The summed E-state index contributed by atoms with van der Waals surface area (Å²) in [7, 11) is 0. The molecule has 2 heteroatoms. The zero-order chi connectivity index (χ0) is 9.84. The lowest BCUT2D eigenvalue weighted by molar-refractivity contribution is 0.0977. The van der Waals surface area contributed by atoms with E-state index in [0.717, 1.165) is 24.1 Å². The van der Waals surface area contributed by atoms with E-state index in [1.807, 2.05) is 13.8 Å². The number of rotatable bonds is 0. The van der Waals surface area contributed by atoms with Gasteiger partial charge in [0.05, 0.1) is 4.88 Å². The van der Waals surface area contributed by atoms with Crippen LogP contribution in [0.2, 0.25) is 0 Å². The SMILES string of the molecule is CC.Cc1cc2c(s1)C(=O)CCC2. The molecule has 1 aromatic rings. The molecule has 0 saturated carbocycles. The number of hydrogen-bond donors (Lipinski definition) is 0. The Bertz CT molecular complexity index is 299. The van der Waals surface area contributed by atoms with Crippen molar-refractivity contribution >= 4 is 17.1 Å². The number of aryl methyl sites for hydroxylation is 2. The van der Waals surface area contributed by atoms with Crippen molar-refractivity contribution in [2.24, 2.45) is 0 Å². The van der Waals surface area contributed by atoms with E-state index in [9.17, 15) is 4.79 Å². The second-order valence-electron chi connectivity index (χ2n) is 2.99. The van der Waals surface area contributed by atoms with Gasteiger partial charge in [-0.3, -0.25) is 4.79 Å². The molecule has 0 spiro atoms. The van der Waals surface area contributed by atoms with Crippen LogP contribution in [-0.4, -0.2) is 5.78 Å². The van der Waals surface area contributed by atoms with E-state index < -0.39 is 0 Å². The number of carbonyl (C=O) groups excluding carboxylic acids is 1. The standard InChI is InChI=1S/C9H10OS.C2H6/c1-6-5-7-3-2-4-8(10)9(7)11-6;1-2/h5H,2-4H2,1H3;1-2H3. The van der Waals surface area contributed by atoms with Crippen LogP contribution >= 0.6 is 11.3 Å². The molecule has 72 valence electrons. The highest BCUT2D eigenvalue weighted by Crippen LogP contribution is 2.28. The van der Waals surface area contributed by atoms with Gasteiger partial charge in [-0.25, -0.2) is 0 Å². The quantitative estimate of drug-likeness (QED) is 0.619. The Hall–Kier alpha value is -0.630. The van der Waals surface area contributed by atoms with E-state index in [1.165, 1.54) is 10.4 Å². The van der Waals surface area contributed by atoms with Crippen LogP contribution < -0.4 is 0 Å². The molecule has 1 aromatic heterocycles. The fourth-order valence-electron chi connectivity index (χ4n) is 1.54. The van der Waals surface area contributed by atoms with Crippen molar-refractivity contribution in [2.75, 3.05) is 0 Å². The van der Waals surface area contributed by atoms with Gasteiger partial charge in [0.15, 0.2) is 5.78 Å². The van der Waals surface area contributed by atoms with Crippen LogP contribution in [0, 0.1) is 6.92 Å². The number of thiophene rings is 1. The number of ketones is 1. The normalized spacial score (nSPS) is 14.5. The Labute approximate surface area is 83.8 Å². The van der Waals surface area contributed by atoms with Crippen molar-refractivity contribution < 1.29 is 4.79 Å². The van der Waals surface area contributed by atoms with Gasteiger partial charge in [0.1, 0.15) is 0 Å². The van der Waals surface area contributed by atoms with Gasteiger partial charge < -0.3 is 0 Å². The van der Waals surface area contributed by atoms with Crippen molar-refractivity contribution in [3.63, 3.8) is 0 Å². The molecule has 13 heavy (non-hydrogen) atoms. The van der Waals surface area contributed by atoms with Crippen molar-refractivity contribution in [1.29, 1.82) is 0 Å². The average molecular weight is 196 g/mol. The van der Waals surface area contributed by atoms with Gasteiger partial charge in [0, 0.05) is 11.3 Å². The molecule has 0 fully saturated rings. The molecule has 0 unspecified atom stereocenters. The molecule has 1 nitrogen and oxygen atoms in total. The zero-order valence-electron chi connectivity index (χ0n) is 8.52. The second-order valence-corrected chi connectivity index (χ2v) is 4.24. The number of Topliss-reactive ketones (excluding diaryl/α,β-unsaturated/α-hetero) is 1. The van der Waals surface area contributed by atoms with E-state index in [2.05, 4.69) is 13.0 Å². The minimum atomic E-state index is 0.351. The van der Waals surface area contributed by atoms with Gasteiger partial charge in [0.2, 0.25) is 0 Å². The van der Waals surface area contributed by atoms with Crippen molar-refractivity contribution in [1.82, 2.24) is 0 Å². The molecule has 2 rings (SSSR count). The molecule has 0 N–H and O–H groups in total. The maximum absolute atomic E-state index is 11.3. The number of hydrogen-bond acceptors (Lipinski definition) is 2. The first kappa shape index (κ1) is 10.5. The predicted molar refractivity (Wildman–Crippen MR) is 57.7 cm³/mol. The van der Waals surface area contributed by atoms with Crippen LogP contribution in [0.1, 0.15) is 46.8 Å². The van der Waals surface area contributed by atoms with Gasteiger partial charge in [-0.2, -0.15) is 0 Å². The zero-order valence-corrected chi connectivity index (χ0v) is 9.33. The Morgan fingerprint density at radius 1 is 1.31 bits per heavy atom. The highest BCUT2D eigenvalue weighted by atomic mass is 32.1. The molecule has 1 aliphatic carbocycles. The second kappa shape index (κ2) is 4.56. The fourth-order valence-corrected chi connectivity index (χ4v) is 2.57. The van der Waals surface area contributed by atoms with Crippen LogP contribution in [0.5, 0.6) is 0 Å². The van der Waals surface area contributed by atoms with Gasteiger partial charge in [0.25, 0.3) is 0 Å². The summed E-state index contributed by atoms with van der Waals surface area (Å²) in [6.45, 7) is 6.07. The molecule has 0 aromatic carbocycles. The van der Waals surface area contributed by atoms with Crippen LogP contribution in [0.25, 0.3) is 0 Å². The van der Waals surface area contributed by atoms with E-state index in [0.29, 0.717) is 5.78 Å². The molecular formula is C11H16OS. The topological polar surface area (TPSA) is 17.1 Å². The smallest absolute Gasteiger partial charge is 0.173 e. The van der Waals surface area contributed by atoms with Crippen LogP contribution in [0.15, 0.2) is 6.07 Å². The molecule has 0 bridgehead atoms. The minimum Gasteiger partial charge on any atom is -0.293 e. The minimum absolute atomic E-state index is 0.351. The average Bonchev–Trinajstić information content (AvgIpc) is 2.51. The molecule has 0 amide bonds. The molecule has 0 aliphatic heterocycles. The molecule has 1 heterocycles. The molecule has 0 saturated heterocycles. The summed E-state index contributed by atoms with van der Waals surface area (Å²) in [5, 5.41) is 0. The van der Waals surface area contributed by atoms with E-state index >= 15 is 0 Å². The third kappa shape index (κ3) is 2.19. The molecular weight excluding hydrogens is 180 g/mol. The van der Waals surface area contributed by atoms with Gasteiger partial charge in [-0.15, -0.1) is 11.3 Å². The van der Waals surface area contributed by atoms with E-state index in [-0.39, 0.29) is 0 Å². The summed E-state index contributed by atoms with van der Waals surface area (Å²) in [6, 6.07) is 2.15. The van der Waals surface area contributed by atoms with Crippen molar-refractivity contribution in [3.05, 3.63) is 21.4 Å². The molecule has 0 atom stereocenters. The van der Waals surface area contributed by atoms with Crippen LogP contribution in [0.4, 0.5) is 0 Å². The number of fused-ring (bicyclic) bond motifs is 1. The van der Waals surface area contributed by atoms with Gasteiger partial charge >= 0.3 is 0 Å². The summed E-state index contributed by atoms with van der Waals surface area (Å²) >= 11 is 1.65. The van der Waals surface area contributed by atoms with Crippen LogP contribution in [0.3, 0.4) is 0 Å². The first-order valence-corrected chi connectivity index (χ1v) is 5.71. The summed E-state index contributed by atoms with van der Waals surface area (Å²) in [5.41, 5.74) is 1.28. The highest BCUT2D eigenvalue weighted by Gasteiger charge is 2.18. The number of carbonyl (C=O) groups is 1. The Morgan fingerprint density at radius 3 is 2.62 bits per heavy atom. The van der Waals surface area contributed by atoms with E-state index in [1.54, 1.807) is 11.3 Å².